The SMILES string of the molecule is CCOc1ccc([C@H]2c3c(oc4ccc(Br)cc4c3=O)C(=O)N2c2cc(C)on2)cc1. The Morgan fingerprint density at radius 2 is 1.90 bits per heavy atom. The van der Waals surface area contributed by atoms with Crippen molar-refractivity contribution in [2.24, 2.45) is 0 Å². The third-order valence-corrected chi connectivity index (χ3v) is 5.69. The minimum atomic E-state index is -0.706. The molecule has 3 heterocycles. The van der Waals surface area contributed by atoms with Gasteiger partial charge in [0.1, 0.15) is 17.1 Å². The predicted octanol–water partition coefficient (Wildman–Crippen LogP) is 5.00. The van der Waals surface area contributed by atoms with Gasteiger partial charge in [-0.15, -0.1) is 0 Å². The molecule has 5 rings (SSSR count). The molecular formula is C23H17BrN2O5. The van der Waals surface area contributed by atoms with Gasteiger partial charge < -0.3 is 13.7 Å². The van der Waals surface area contributed by atoms with Gasteiger partial charge in [0.2, 0.25) is 5.76 Å². The first-order chi connectivity index (χ1) is 15.0. The number of rotatable bonds is 4. The van der Waals surface area contributed by atoms with Crippen molar-refractivity contribution < 1.29 is 18.5 Å². The summed E-state index contributed by atoms with van der Waals surface area (Å²) in [7, 11) is 0. The molecule has 1 aliphatic heterocycles. The van der Waals surface area contributed by atoms with Crippen LogP contribution in [0.3, 0.4) is 0 Å². The number of ether oxygens (including phenoxy) is 1. The van der Waals surface area contributed by atoms with E-state index in [0.29, 0.717) is 34.9 Å². The van der Waals surface area contributed by atoms with Crippen molar-refractivity contribution in [3.63, 3.8) is 0 Å². The molecule has 0 fully saturated rings. The fraction of sp³-hybridized carbons (Fsp3) is 0.174. The normalized spacial score (nSPS) is 15.5. The molecule has 4 aromatic rings. The number of hydrogen-bond acceptors (Lipinski definition) is 6. The van der Waals surface area contributed by atoms with Gasteiger partial charge >= 0.3 is 0 Å². The molecule has 156 valence electrons. The molecule has 0 bridgehead atoms. The largest absolute Gasteiger partial charge is 0.494 e. The van der Waals surface area contributed by atoms with Crippen molar-refractivity contribution in [3.05, 3.63) is 85.9 Å². The number of aryl methyl sites for hydroxylation is 1. The summed E-state index contributed by atoms with van der Waals surface area (Å²) < 4.78 is 17.4. The Bertz CT molecular complexity index is 1370. The molecule has 1 atom stereocenters. The van der Waals surface area contributed by atoms with Crippen molar-refractivity contribution in [1.29, 1.82) is 0 Å². The van der Waals surface area contributed by atoms with Crippen LogP contribution in [0.1, 0.15) is 40.4 Å². The Hall–Kier alpha value is -3.39. The summed E-state index contributed by atoms with van der Waals surface area (Å²) in [4.78, 5) is 28.4. The third kappa shape index (κ3) is 3.14. The van der Waals surface area contributed by atoms with Gasteiger partial charge in [0.25, 0.3) is 5.91 Å². The number of carbonyl (C=O) groups is 1. The highest BCUT2D eigenvalue weighted by Crippen LogP contribution is 2.41. The highest BCUT2D eigenvalue weighted by Gasteiger charge is 2.44. The van der Waals surface area contributed by atoms with Crippen molar-refractivity contribution in [2.75, 3.05) is 11.5 Å². The summed E-state index contributed by atoms with van der Waals surface area (Å²) in [5.74, 6) is 1.15. The molecule has 0 aliphatic carbocycles. The molecule has 0 spiro atoms. The number of nitrogens with zero attached hydrogens (tertiary/aromatic N) is 2. The van der Waals surface area contributed by atoms with E-state index in [1.54, 1.807) is 31.2 Å². The predicted molar refractivity (Wildman–Crippen MR) is 118 cm³/mol. The molecule has 0 radical (unpaired) electrons. The van der Waals surface area contributed by atoms with Crippen LogP contribution in [0, 0.1) is 6.92 Å². The number of aromatic nitrogens is 1. The van der Waals surface area contributed by atoms with Gasteiger partial charge in [-0.05, 0) is 49.7 Å². The topological polar surface area (TPSA) is 85.8 Å². The Morgan fingerprint density at radius 3 is 2.58 bits per heavy atom. The maximum atomic E-state index is 13.5. The molecule has 0 saturated carbocycles. The van der Waals surface area contributed by atoms with Crippen molar-refractivity contribution >= 4 is 38.6 Å². The van der Waals surface area contributed by atoms with Crippen LogP contribution in [0.2, 0.25) is 0 Å². The van der Waals surface area contributed by atoms with Crippen LogP contribution in [-0.4, -0.2) is 17.7 Å². The van der Waals surface area contributed by atoms with Crippen LogP contribution in [0.25, 0.3) is 11.0 Å². The molecule has 1 aliphatic rings. The Kier molecular flexibility index (Phi) is 4.66. The van der Waals surface area contributed by atoms with Crippen LogP contribution in [0.15, 0.2) is 66.7 Å². The highest BCUT2D eigenvalue weighted by molar-refractivity contribution is 9.10. The first-order valence-corrected chi connectivity index (χ1v) is 10.5. The summed E-state index contributed by atoms with van der Waals surface area (Å²) in [6.45, 7) is 4.19. The first-order valence-electron chi connectivity index (χ1n) is 9.74. The fourth-order valence-electron chi connectivity index (χ4n) is 3.88. The van der Waals surface area contributed by atoms with E-state index < -0.39 is 11.9 Å². The second-order valence-electron chi connectivity index (χ2n) is 7.19. The summed E-state index contributed by atoms with van der Waals surface area (Å²) in [5.41, 5.74) is 1.11. The van der Waals surface area contributed by atoms with Gasteiger partial charge in [-0.3, -0.25) is 14.5 Å². The van der Waals surface area contributed by atoms with E-state index in [4.69, 9.17) is 13.7 Å². The molecule has 1 amide bonds. The Morgan fingerprint density at radius 1 is 1.13 bits per heavy atom. The number of benzene rings is 2. The van der Waals surface area contributed by atoms with E-state index >= 15 is 0 Å². The molecular weight excluding hydrogens is 464 g/mol. The first kappa shape index (κ1) is 19.6. The van der Waals surface area contributed by atoms with E-state index in [0.717, 1.165) is 10.0 Å². The lowest BCUT2D eigenvalue weighted by Gasteiger charge is -2.22. The highest BCUT2D eigenvalue weighted by atomic mass is 79.9. The number of anilines is 1. The molecule has 0 unspecified atom stereocenters. The molecule has 2 aromatic carbocycles. The van der Waals surface area contributed by atoms with Crippen LogP contribution in [0.4, 0.5) is 5.82 Å². The lowest BCUT2D eigenvalue weighted by molar-refractivity contribution is 0.0969. The monoisotopic (exact) mass is 480 g/mol. The average Bonchev–Trinajstić information content (AvgIpc) is 3.31. The summed E-state index contributed by atoms with van der Waals surface area (Å²) in [6.07, 6.45) is 0. The van der Waals surface area contributed by atoms with Gasteiger partial charge in [0, 0.05) is 10.5 Å². The van der Waals surface area contributed by atoms with Crippen LogP contribution in [-0.2, 0) is 0 Å². The lowest BCUT2D eigenvalue weighted by atomic mass is 9.98. The standard InChI is InChI=1S/C23H17BrN2O5/c1-3-29-15-7-4-13(5-8-15)20-19-21(27)16-11-14(24)6-9-17(16)30-22(19)23(28)26(20)18-10-12(2)31-25-18/h4-11,20H,3H2,1-2H3/t20-/m0/s1. The fourth-order valence-corrected chi connectivity index (χ4v) is 4.24. The maximum absolute atomic E-state index is 13.5. The van der Waals surface area contributed by atoms with Crippen molar-refractivity contribution in [2.45, 2.75) is 19.9 Å². The molecule has 8 heteroatoms. The van der Waals surface area contributed by atoms with E-state index in [2.05, 4.69) is 21.1 Å². The van der Waals surface area contributed by atoms with E-state index in [-0.39, 0.29) is 16.8 Å². The Labute approximate surface area is 185 Å². The summed E-state index contributed by atoms with van der Waals surface area (Å²) in [6, 6.07) is 13.4. The minimum Gasteiger partial charge on any atom is -0.494 e. The second kappa shape index (κ2) is 7.39. The number of halogens is 1. The molecule has 0 N–H and O–H groups in total. The number of carbonyl (C=O) groups excluding carboxylic acids is 1. The van der Waals surface area contributed by atoms with Gasteiger partial charge in [-0.1, -0.05) is 33.2 Å². The smallest absolute Gasteiger partial charge is 0.296 e. The number of hydrogen-bond donors (Lipinski definition) is 0. The molecule has 2 aromatic heterocycles. The minimum absolute atomic E-state index is 0.0133. The van der Waals surface area contributed by atoms with Gasteiger partial charge in [0.05, 0.1) is 23.6 Å². The second-order valence-corrected chi connectivity index (χ2v) is 8.11. The third-order valence-electron chi connectivity index (χ3n) is 5.20. The lowest BCUT2D eigenvalue weighted by Crippen LogP contribution is -2.29. The van der Waals surface area contributed by atoms with E-state index in [1.165, 1.54) is 4.90 Å². The number of amides is 1. The van der Waals surface area contributed by atoms with E-state index in [9.17, 15) is 9.59 Å². The van der Waals surface area contributed by atoms with E-state index in [1.807, 2.05) is 31.2 Å². The van der Waals surface area contributed by atoms with Crippen LogP contribution < -0.4 is 15.1 Å². The zero-order valence-corrected chi connectivity index (χ0v) is 18.3. The van der Waals surface area contributed by atoms with Crippen molar-refractivity contribution in [1.82, 2.24) is 5.16 Å². The summed E-state index contributed by atoms with van der Waals surface area (Å²) in [5, 5.41) is 4.42. The maximum Gasteiger partial charge on any atom is 0.296 e. The molecule has 31 heavy (non-hydrogen) atoms. The molecule has 0 saturated heterocycles. The average molecular weight is 481 g/mol. The van der Waals surface area contributed by atoms with Crippen molar-refractivity contribution in [3.8, 4) is 5.75 Å². The number of fused-ring (bicyclic) bond motifs is 2. The quantitative estimate of drug-likeness (QED) is 0.408. The zero-order chi connectivity index (χ0) is 21.7. The van der Waals surface area contributed by atoms with Crippen LogP contribution in [0.5, 0.6) is 5.75 Å². The van der Waals surface area contributed by atoms with Gasteiger partial charge in [-0.25, -0.2) is 0 Å². The zero-order valence-electron chi connectivity index (χ0n) is 16.7. The summed E-state index contributed by atoms with van der Waals surface area (Å²) >= 11 is 3.40. The van der Waals surface area contributed by atoms with Gasteiger partial charge in [-0.2, -0.15) is 0 Å². The van der Waals surface area contributed by atoms with Crippen LogP contribution >= 0.6 is 15.9 Å². The Balaban J connectivity index is 1.76. The molecule has 7 nitrogen and oxygen atoms in total. The van der Waals surface area contributed by atoms with Gasteiger partial charge in [0.15, 0.2) is 11.2 Å².